The molecule has 1 aromatic rings. The summed E-state index contributed by atoms with van der Waals surface area (Å²) in [6.07, 6.45) is 11.5. The van der Waals surface area contributed by atoms with Crippen molar-refractivity contribution in [1.29, 1.82) is 0 Å². The van der Waals surface area contributed by atoms with Gasteiger partial charge in [-0.25, -0.2) is 0 Å². The van der Waals surface area contributed by atoms with Crippen molar-refractivity contribution in [3.05, 3.63) is 47.5 Å². The fourth-order valence-electron chi connectivity index (χ4n) is 8.72. The van der Waals surface area contributed by atoms with Crippen molar-refractivity contribution in [3.63, 3.8) is 0 Å². The molecule has 4 aliphatic carbocycles. The molecule has 5 rings (SSSR count). The Morgan fingerprint density at radius 1 is 0.967 bits per heavy atom. The van der Waals surface area contributed by atoms with Gasteiger partial charge in [-0.05, 0) is 97.3 Å². The van der Waals surface area contributed by atoms with Crippen molar-refractivity contribution >= 4 is 0 Å². The molecular weight excluding hydrogens is 368 g/mol. The summed E-state index contributed by atoms with van der Waals surface area (Å²) < 4.78 is 0. The van der Waals surface area contributed by atoms with Gasteiger partial charge in [0.25, 0.3) is 0 Å². The highest BCUT2D eigenvalue weighted by atomic mass is 16.3. The lowest BCUT2D eigenvalue weighted by atomic mass is 9.47. The Kier molecular flexibility index (Phi) is 5.18. The van der Waals surface area contributed by atoms with Crippen LogP contribution in [0.25, 0.3) is 0 Å². The Labute approximate surface area is 182 Å². The van der Waals surface area contributed by atoms with Gasteiger partial charge in [0.1, 0.15) is 0 Å². The highest BCUT2D eigenvalue weighted by molar-refractivity contribution is 5.26. The number of hydrogen-bond acceptors (Lipinski definition) is 2. The number of allylic oxidation sites excluding steroid dienone is 1. The molecule has 4 aliphatic rings. The molecular formula is C28H40O2. The highest BCUT2D eigenvalue weighted by Crippen LogP contribution is 2.67. The Morgan fingerprint density at radius 2 is 1.73 bits per heavy atom. The van der Waals surface area contributed by atoms with Gasteiger partial charge in [-0.3, -0.25) is 0 Å². The monoisotopic (exact) mass is 408 g/mol. The largest absolute Gasteiger partial charge is 0.393 e. The molecule has 2 heteroatoms. The van der Waals surface area contributed by atoms with Gasteiger partial charge in [-0.2, -0.15) is 0 Å². The van der Waals surface area contributed by atoms with Crippen molar-refractivity contribution in [1.82, 2.24) is 0 Å². The number of fused-ring (bicyclic) bond motifs is 5. The first kappa shape index (κ1) is 20.8. The van der Waals surface area contributed by atoms with Crippen LogP contribution in [0.2, 0.25) is 0 Å². The van der Waals surface area contributed by atoms with E-state index in [1.807, 2.05) is 18.2 Å². The van der Waals surface area contributed by atoms with Gasteiger partial charge in [-0.1, -0.05) is 62.8 Å². The van der Waals surface area contributed by atoms with Gasteiger partial charge in [0.2, 0.25) is 0 Å². The summed E-state index contributed by atoms with van der Waals surface area (Å²) in [5.41, 5.74) is 3.31. The van der Waals surface area contributed by atoms with Crippen molar-refractivity contribution in [2.45, 2.75) is 84.3 Å². The maximum atomic E-state index is 11.2. The number of hydrogen-bond donors (Lipinski definition) is 2. The second-order valence-corrected chi connectivity index (χ2v) is 11.6. The fourth-order valence-corrected chi connectivity index (χ4v) is 8.72. The van der Waals surface area contributed by atoms with Crippen LogP contribution >= 0.6 is 0 Å². The predicted molar refractivity (Wildman–Crippen MR) is 122 cm³/mol. The molecule has 0 radical (unpaired) electrons. The molecule has 9 atom stereocenters. The van der Waals surface area contributed by atoms with Crippen LogP contribution in [0.3, 0.4) is 0 Å². The summed E-state index contributed by atoms with van der Waals surface area (Å²) >= 11 is 0. The molecule has 2 nitrogen and oxygen atoms in total. The first-order valence-corrected chi connectivity index (χ1v) is 12.4. The van der Waals surface area contributed by atoms with Crippen LogP contribution < -0.4 is 0 Å². The normalized spacial score (nSPS) is 45.0. The molecule has 0 aliphatic heterocycles. The van der Waals surface area contributed by atoms with Crippen LogP contribution in [0.1, 0.15) is 83.8 Å². The molecule has 1 aromatic carbocycles. The van der Waals surface area contributed by atoms with Gasteiger partial charge < -0.3 is 10.2 Å². The van der Waals surface area contributed by atoms with Gasteiger partial charge in [0, 0.05) is 0 Å². The standard InChI is InChI=1S/C28H40O2/c1-18(26(30)19-7-5-4-6-8-19)23-11-12-24-22-10-9-20-17-21(29)13-15-27(20,2)25(22)14-16-28(23,24)3/h4-9,18,21-26,29-30H,10-17H2,1-3H3/t18-,21-,22?,23?,24?,25?,26+,27-,28+/m0/s1. The third-order valence-corrected chi connectivity index (χ3v) is 10.4. The molecule has 0 spiro atoms. The zero-order chi connectivity index (χ0) is 21.1. The van der Waals surface area contributed by atoms with Crippen molar-refractivity contribution in [2.75, 3.05) is 0 Å². The minimum atomic E-state index is -0.361. The maximum Gasteiger partial charge on any atom is 0.0818 e. The predicted octanol–water partition coefficient (Wildman–Crippen LogP) is 6.30. The molecule has 0 aromatic heterocycles. The molecule has 2 N–H and O–H groups in total. The lowest BCUT2D eigenvalue weighted by Gasteiger charge is -2.58. The lowest BCUT2D eigenvalue weighted by Crippen LogP contribution is -2.51. The Hall–Kier alpha value is -1.12. The van der Waals surface area contributed by atoms with E-state index in [0.717, 1.165) is 42.6 Å². The Bertz CT molecular complexity index is 800. The lowest BCUT2D eigenvalue weighted by molar-refractivity contribution is -0.0676. The second-order valence-electron chi connectivity index (χ2n) is 11.6. The van der Waals surface area contributed by atoms with E-state index >= 15 is 0 Å². The Balaban J connectivity index is 1.39. The summed E-state index contributed by atoms with van der Waals surface area (Å²) in [6.45, 7) is 7.37. The number of aliphatic hydroxyl groups excluding tert-OH is 2. The van der Waals surface area contributed by atoms with Crippen LogP contribution in [0.5, 0.6) is 0 Å². The fraction of sp³-hybridized carbons (Fsp3) is 0.714. The van der Waals surface area contributed by atoms with Gasteiger partial charge >= 0.3 is 0 Å². The van der Waals surface area contributed by atoms with Crippen LogP contribution in [-0.4, -0.2) is 16.3 Å². The van der Waals surface area contributed by atoms with E-state index in [4.69, 9.17) is 0 Å². The average molecular weight is 409 g/mol. The van der Waals surface area contributed by atoms with Crippen molar-refractivity contribution in [2.24, 2.45) is 40.4 Å². The summed E-state index contributed by atoms with van der Waals surface area (Å²) in [5, 5.41) is 21.4. The topological polar surface area (TPSA) is 40.5 Å². The van der Waals surface area contributed by atoms with E-state index in [1.165, 1.54) is 32.1 Å². The maximum absolute atomic E-state index is 11.2. The van der Waals surface area contributed by atoms with Crippen LogP contribution in [-0.2, 0) is 0 Å². The highest BCUT2D eigenvalue weighted by Gasteiger charge is 2.59. The molecule has 3 fully saturated rings. The van der Waals surface area contributed by atoms with E-state index in [-0.39, 0.29) is 12.2 Å². The van der Waals surface area contributed by atoms with Crippen LogP contribution in [0.15, 0.2) is 42.0 Å². The van der Waals surface area contributed by atoms with Gasteiger partial charge in [-0.15, -0.1) is 0 Å². The van der Waals surface area contributed by atoms with E-state index in [1.54, 1.807) is 5.57 Å². The average Bonchev–Trinajstić information content (AvgIpc) is 3.11. The molecule has 0 heterocycles. The first-order chi connectivity index (χ1) is 14.3. The van der Waals surface area contributed by atoms with Crippen LogP contribution in [0, 0.1) is 40.4 Å². The quantitative estimate of drug-likeness (QED) is 0.577. The number of rotatable bonds is 3. The number of benzene rings is 1. The van der Waals surface area contributed by atoms with Gasteiger partial charge in [0.15, 0.2) is 0 Å². The van der Waals surface area contributed by atoms with E-state index in [0.29, 0.717) is 22.7 Å². The van der Waals surface area contributed by atoms with Crippen molar-refractivity contribution in [3.8, 4) is 0 Å². The van der Waals surface area contributed by atoms with Crippen molar-refractivity contribution < 1.29 is 10.2 Å². The second kappa shape index (κ2) is 7.48. The molecule has 0 saturated heterocycles. The zero-order valence-corrected chi connectivity index (χ0v) is 19.1. The first-order valence-electron chi connectivity index (χ1n) is 12.4. The molecule has 4 unspecified atom stereocenters. The third kappa shape index (κ3) is 3.05. The minimum Gasteiger partial charge on any atom is -0.393 e. The van der Waals surface area contributed by atoms with E-state index in [2.05, 4.69) is 39.0 Å². The number of aliphatic hydroxyl groups is 2. The minimum absolute atomic E-state index is 0.120. The third-order valence-electron chi connectivity index (χ3n) is 10.4. The smallest absolute Gasteiger partial charge is 0.0818 e. The Morgan fingerprint density at radius 3 is 2.50 bits per heavy atom. The summed E-state index contributed by atoms with van der Waals surface area (Å²) in [6, 6.07) is 10.3. The SMILES string of the molecule is C[C@@H](C1CCC2C3CC=C4C[C@@H](O)CC[C@]4(C)C3CC[C@@]21C)[C@@H](O)c1ccccc1. The molecule has 0 bridgehead atoms. The molecule has 164 valence electrons. The van der Waals surface area contributed by atoms with Gasteiger partial charge in [0.05, 0.1) is 12.2 Å². The van der Waals surface area contributed by atoms with Crippen LogP contribution in [0.4, 0.5) is 0 Å². The van der Waals surface area contributed by atoms with E-state index in [9.17, 15) is 10.2 Å². The zero-order valence-electron chi connectivity index (χ0n) is 19.1. The molecule has 30 heavy (non-hydrogen) atoms. The summed E-state index contributed by atoms with van der Waals surface area (Å²) in [5.74, 6) is 3.27. The summed E-state index contributed by atoms with van der Waals surface area (Å²) in [4.78, 5) is 0. The summed E-state index contributed by atoms with van der Waals surface area (Å²) in [7, 11) is 0. The van der Waals surface area contributed by atoms with E-state index < -0.39 is 0 Å². The molecule has 0 amide bonds. The molecule has 3 saturated carbocycles.